The Balaban J connectivity index is 1.39. The van der Waals surface area contributed by atoms with Gasteiger partial charge in [-0.3, -0.25) is 0 Å². The molecule has 0 radical (unpaired) electrons. The van der Waals surface area contributed by atoms with Crippen LogP contribution in [0.5, 0.6) is 0 Å². The van der Waals surface area contributed by atoms with Crippen LogP contribution >= 0.6 is 0 Å². The maximum absolute atomic E-state index is 3.75. The Morgan fingerprint density at radius 2 is 0.825 bits per heavy atom. The lowest BCUT2D eigenvalue weighted by molar-refractivity contribution is 0.446. The van der Waals surface area contributed by atoms with Crippen LogP contribution in [-0.4, -0.2) is 9.97 Å². The molecule has 0 aliphatic carbocycles. The molecule has 0 saturated heterocycles. The van der Waals surface area contributed by atoms with Gasteiger partial charge < -0.3 is 9.97 Å². The Kier molecular flexibility index (Phi) is 7.87. The van der Waals surface area contributed by atoms with Crippen LogP contribution in [-0.2, 0) is 12.8 Å². The molecule has 0 aliphatic rings. The molecule has 40 heavy (non-hydrogen) atoms. The van der Waals surface area contributed by atoms with E-state index in [2.05, 4.69) is 98.3 Å². The monoisotopic (exact) mass is 530 g/mol. The molecule has 2 atom stereocenters. The van der Waals surface area contributed by atoms with E-state index in [1.807, 2.05) is 0 Å². The highest BCUT2D eigenvalue weighted by atomic mass is 14.7. The predicted octanol–water partition coefficient (Wildman–Crippen LogP) is 11.6. The molecule has 2 aromatic heterocycles. The molecule has 2 unspecified atom stereocenters. The average molecular weight is 531 g/mol. The van der Waals surface area contributed by atoms with Gasteiger partial charge in [0.15, 0.2) is 0 Å². The number of unbranched alkanes of at least 4 members (excludes halogenated alkanes) is 2. The van der Waals surface area contributed by atoms with Crippen molar-refractivity contribution >= 4 is 54.1 Å². The zero-order chi connectivity index (χ0) is 27.6. The summed E-state index contributed by atoms with van der Waals surface area (Å²) < 4.78 is 0. The van der Waals surface area contributed by atoms with Gasteiger partial charge in [0.2, 0.25) is 0 Å². The lowest BCUT2D eigenvalue weighted by Gasteiger charge is -2.12. The van der Waals surface area contributed by atoms with E-state index < -0.39 is 0 Å². The van der Waals surface area contributed by atoms with E-state index in [1.165, 1.54) is 117 Å². The second-order valence-corrected chi connectivity index (χ2v) is 12.3. The Morgan fingerprint density at radius 3 is 1.18 bits per heavy atom. The van der Waals surface area contributed by atoms with Crippen molar-refractivity contribution in [3.05, 3.63) is 72.1 Å². The third-order valence-electron chi connectivity index (χ3n) is 9.61. The van der Waals surface area contributed by atoms with Crippen LogP contribution < -0.4 is 0 Å². The number of benzene rings is 4. The van der Waals surface area contributed by atoms with Gasteiger partial charge >= 0.3 is 0 Å². The molecule has 0 amide bonds. The van der Waals surface area contributed by atoms with Gasteiger partial charge in [-0.15, -0.1) is 0 Å². The highest BCUT2D eigenvalue weighted by molar-refractivity contribution is 6.24. The molecule has 0 aliphatic heterocycles. The number of hydrogen-bond acceptors (Lipinski definition) is 0. The van der Waals surface area contributed by atoms with E-state index in [1.54, 1.807) is 0 Å². The predicted molar refractivity (Wildman–Crippen MR) is 177 cm³/mol. The summed E-state index contributed by atoms with van der Waals surface area (Å²) in [6.07, 6.45) is 12.7. The molecule has 0 fully saturated rings. The maximum Gasteiger partial charge on any atom is 0.0462 e. The lowest BCUT2D eigenvalue weighted by atomic mass is 9.93. The van der Waals surface area contributed by atoms with Crippen molar-refractivity contribution in [2.45, 2.75) is 91.9 Å². The second kappa shape index (κ2) is 11.7. The molecule has 6 aromatic rings. The lowest BCUT2D eigenvalue weighted by Crippen LogP contribution is -2.03. The first-order valence-electron chi connectivity index (χ1n) is 16.0. The van der Waals surface area contributed by atoms with Crippen LogP contribution in [0.3, 0.4) is 0 Å². The van der Waals surface area contributed by atoms with Gasteiger partial charge in [0, 0.05) is 33.2 Å². The standard InChI is InChI=1S/C38H46N2/c1-5-9-11-25(7-3)21-27-23-35-33-15-13-30-29(31(33)17-19-37(35)39-27)14-16-34-32(30)18-20-38-36(34)24-28(40-38)22-26(8-4)12-10-6-2/h13-20,23-26,39-40H,5-12,21-22H2,1-4H3. The van der Waals surface area contributed by atoms with Gasteiger partial charge in [-0.05, 0) is 81.3 Å². The Bertz CT molecular complexity index is 1630. The third kappa shape index (κ3) is 5.02. The van der Waals surface area contributed by atoms with E-state index in [0.29, 0.717) is 0 Å². The Morgan fingerprint density at radius 1 is 0.475 bits per heavy atom. The summed E-state index contributed by atoms with van der Waals surface area (Å²) >= 11 is 0. The van der Waals surface area contributed by atoms with Crippen molar-refractivity contribution in [3.63, 3.8) is 0 Å². The molecule has 2 N–H and O–H groups in total. The minimum atomic E-state index is 0.765. The fourth-order valence-electron chi connectivity index (χ4n) is 7.11. The van der Waals surface area contributed by atoms with Crippen molar-refractivity contribution < 1.29 is 0 Å². The summed E-state index contributed by atoms with van der Waals surface area (Å²) in [5.74, 6) is 1.53. The van der Waals surface area contributed by atoms with E-state index in [9.17, 15) is 0 Å². The Labute approximate surface area is 239 Å². The summed E-state index contributed by atoms with van der Waals surface area (Å²) in [5.41, 5.74) is 5.29. The van der Waals surface area contributed by atoms with Crippen LogP contribution in [0.2, 0.25) is 0 Å². The van der Waals surface area contributed by atoms with Crippen molar-refractivity contribution in [3.8, 4) is 0 Å². The molecule has 0 bridgehead atoms. The molecular weight excluding hydrogens is 484 g/mol. The summed E-state index contributed by atoms with van der Waals surface area (Å²) in [6, 6.07) is 23.5. The molecular formula is C38H46N2. The molecule has 2 heteroatoms. The molecule has 2 nitrogen and oxygen atoms in total. The highest BCUT2D eigenvalue weighted by Gasteiger charge is 2.15. The number of aromatic amines is 2. The Hall–Kier alpha value is -3.26. The fourth-order valence-corrected chi connectivity index (χ4v) is 7.11. The quantitative estimate of drug-likeness (QED) is 0.147. The number of hydrogen-bond donors (Lipinski definition) is 2. The molecule has 4 aromatic carbocycles. The fraction of sp³-hybridized carbons (Fsp3) is 0.421. The van der Waals surface area contributed by atoms with Gasteiger partial charge in [-0.1, -0.05) is 115 Å². The van der Waals surface area contributed by atoms with Gasteiger partial charge in [0.1, 0.15) is 0 Å². The smallest absolute Gasteiger partial charge is 0.0462 e. The summed E-state index contributed by atoms with van der Waals surface area (Å²) in [7, 11) is 0. The SMILES string of the molecule is CCCCC(CC)Cc1cc2c(ccc3c2ccc2c4ccc5[nH]c(CC(CC)CCCC)cc5c4ccc32)[nH]1. The zero-order valence-corrected chi connectivity index (χ0v) is 25.0. The van der Waals surface area contributed by atoms with Crippen molar-refractivity contribution in [2.24, 2.45) is 11.8 Å². The van der Waals surface area contributed by atoms with Gasteiger partial charge in [0.05, 0.1) is 0 Å². The number of nitrogens with one attached hydrogen (secondary N) is 2. The molecule has 0 saturated carbocycles. The second-order valence-electron chi connectivity index (χ2n) is 12.3. The number of fused-ring (bicyclic) bond motifs is 9. The topological polar surface area (TPSA) is 31.6 Å². The van der Waals surface area contributed by atoms with E-state index >= 15 is 0 Å². The number of aromatic nitrogens is 2. The first kappa shape index (κ1) is 26.9. The largest absolute Gasteiger partial charge is 0.358 e. The van der Waals surface area contributed by atoms with Crippen molar-refractivity contribution in [1.82, 2.24) is 9.97 Å². The minimum absolute atomic E-state index is 0.765. The molecule has 208 valence electrons. The normalized spacial score (nSPS) is 13.8. The van der Waals surface area contributed by atoms with E-state index in [0.717, 1.165) is 24.7 Å². The van der Waals surface area contributed by atoms with Crippen molar-refractivity contribution in [1.29, 1.82) is 0 Å². The summed E-state index contributed by atoms with van der Waals surface area (Å²) in [6.45, 7) is 9.27. The van der Waals surface area contributed by atoms with E-state index in [-0.39, 0.29) is 0 Å². The van der Waals surface area contributed by atoms with Crippen LogP contribution in [0, 0.1) is 11.8 Å². The molecule has 6 rings (SSSR count). The first-order chi connectivity index (χ1) is 19.6. The van der Waals surface area contributed by atoms with Crippen LogP contribution in [0.25, 0.3) is 54.1 Å². The average Bonchev–Trinajstić information content (AvgIpc) is 3.60. The van der Waals surface area contributed by atoms with Crippen LogP contribution in [0.4, 0.5) is 0 Å². The maximum atomic E-state index is 3.75. The third-order valence-corrected chi connectivity index (χ3v) is 9.61. The van der Waals surface area contributed by atoms with Crippen LogP contribution in [0.15, 0.2) is 60.7 Å². The van der Waals surface area contributed by atoms with E-state index in [4.69, 9.17) is 0 Å². The first-order valence-corrected chi connectivity index (χ1v) is 16.0. The molecule has 0 spiro atoms. The van der Waals surface area contributed by atoms with Gasteiger partial charge in [-0.2, -0.15) is 0 Å². The minimum Gasteiger partial charge on any atom is -0.358 e. The van der Waals surface area contributed by atoms with Crippen molar-refractivity contribution in [2.75, 3.05) is 0 Å². The number of rotatable bonds is 12. The summed E-state index contributed by atoms with van der Waals surface area (Å²) in [4.78, 5) is 7.51. The zero-order valence-electron chi connectivity index (χ0n) is 25.0. The van der Waals surface area contributed by atoms with Gasteiger partial charge in [-0.25, -0.2) is 0 Å². The van der Waals surface area contributed by atoms with Gasteiger partial charge in [0.25, 0.3) is 0 Å². The molecule has 2 heterocycles. The number of H-pyrrole nitrogens is 2. The summed E-state index contributed by atoms with van der Waals surface area (Å²) in [5, 5.41) is 10.8. The highest BCUT2D eigenvalue weighted by Crippen LogP contribution is 2.37. The van der Waals surface area contributed by atoms with Crippen LogP contribution in [0.1, 0.15) is 90.4 Å².